The lowest BCUT2D eigenvalue weighted by atomic mass is 10.2. The molecular weight excluding hydrogens is 265 g/mol. The standard InChI is InChI=1S/C14H9ClFN3/c15-12-9(5-3-6-10(12)16)14-18-11-7-2-1-4-8(11)13(17)19-14/h1-7H,(H2,17,18,19). The number of halogens is 2. The second-order valence-corrected chi connectivity index (χ2v) is 4.43. The van der Waals surface area contributed by atoms with Gasteiger partial charge in [-0.25, -0.2) is 14.4 Å². The zero-order chi connectivity index (χ0) is 13.4. The molecule has 1 heterocycles. The van der Waals surface area contributed by atoms with Gasteiger partial charge in [-0.15, -0.1) is 0 Å². The number of fused-ring (bicyclic) bond motifs is 1. The van der Waals surface area contributed by atoms with E-state index in [4.69, 9.17) is 17.3 Å². The van der Waals surface area contributed by atoms with Crippen molar-refractivity contribution in [3.8, 4) is 11.4 Å². The molecule has 0 atom stereocenters. The van der Waals surface area contributed by atoms with Crippen LogP contribution in [-0.4, -0.2) is 9.97 Å². The fraction of sp³-hybridized carbons (Fsp3) is 0. The number of nitrogen functional groups attached to an aromatic ring is 1. The van der Waals surface area contributed by atoms with Crippen LogP contribution in [0.25, 0.3) is 22.3 Å². The van der Waals surface area contributed by atoms with E-state index in [2.05, 4.69) is 9.97 Å². The highest BCUT2D eigenvalue weighted by molar-refractivity contribution is 6.33. The summed E-state index contributed by atoms with van der Waals surface area (Å²) in [5, 5.41) is 0.760. The van der Waals surface area contributed by atoms with Crippen molar-refractivity contribution >= 4 is 28.3 Å². The van der Waals surface area contributed by atoms with E-state index in [1.165, 1.54) is 6.07 Å². The average Bonchev–Trinajstić information content (AvgIpc) is 2.42. The van der Waals surface area contributed by atoms with Gasteiger partial charge in [-0.1, -0.05) is 29.8 Å². The van der Waals surface area contributed by atoms with Gasteiger partial charge in [0.05, 0.1) is 10.5 Å². The molecule has 0 fully saturated rings. The summed E-state index contributed by atoms with van der Waals surface area (Å²) in [7, 11) is 0. The maximum Gasteiger partial charge on any atom is 0.163 e. The van der Waals surface area contributed by atoms with Crippen LogP contribution in [-0.2, 0) is 0 Å². The molecule has 0 saturated heterocycles. The van der Waals surface area contributed by atoms with Gasteiger partial charge in [-0.2, -0.15) is 0 Å². The van der Waals surface area contributed by atoms with Crippen molar-refractivity contribution in [1.82, 2.24) is 9.97 Å². The molecule has 3 nitrogen and oxygen atoms in total. The molecule has 0 aliphatic carbocycles. The van der Waals surface area contributed by atoms with Gasteiger partial charge in [-0.3, -0.25) is 0 Å². The number of nitrogens with zero attached hydrogens (tertiary/aromatic N) is 2. The number of hydrogen-bond acceptors (Lipinski definition) is 3. The Morgan fingerprint density at radius 1 is 1.00 bits per heavy atom. The molecule has 0 aliphatic rings. The van der Waals surface area contributed by atoms with Gasteiger partial charge in [0, 0.05) is 10.9 Å². The summed E-state index contributed by atoms with van der Waals surface area (Å²) >= 11 is 5.94. The van der Waals surface area contributed by atoms with Crippen molar-refractivity contribution in [1.29, 1.82) is 0 Å². The topological polar surface area (TPSA) is 51.8 Å². The quantitative estimate of drug-likeness (QED) is 0.736. The molecule has 2 aromatic carbocycles. The second kappa shape index (κ2) is 4.48. The summed E-state index contributed by atoms with van der Waals surface area (Å²) in [6.07, 6.45) is 0. The molecule has 19 heavy (non-hydrogen) atoms. The average molecular weight is 274 g/mol. The van der Waals surface area contributed by atoms with E-state index in [-0.39, 0.29) is 5.02 Å². The van der Waals surface area contributed by atoms with Gasteiger partial charge < -0.3 is 5.73 Å². The molecule has 0 unspecified atom stereocenters. The molecule has 0 saturated carbocycles. The fourth-order valence-electron chi connectivity index (χ4n) is 1.90. The Labute approximate surface area is 113 Å². The van der Waals surface area contributed by atoms with E-state index in [1.54, 1.807) is 12.1 Å². The lowest BCUT2D eigenvalue weighted by Gasteiger charge is -2.07. The third-order valence-corrected chi connectivity index (χ3v) is 3.21. The van der Waals surface area contributed by atoms with Gasteiger partial charge >= 0.3 is 0 Å². The van der Waals surface area contributed by atoms with Crippen molar-refractivity contribution in [2.75, 3.05) is 5.73 Å². The van der Waals surface area contributed by atoms with Crippen LogP contribution in [0.3, 0.4) is 0 Å². The van der Waals surface area contributed by atoms with E-state index in [9.17, 15) is 4.39 Å². The summed E-state index contributed by atoms with van der Waals surface area (Å²) in [5.41, 5.74) is 7.02. The predicted molar refractivity (Wildman–Crippen MR) is 74.4 cm³/mol. The molecule has 0 aliphatic heterocycles. The fourth-order valence-corrected chi connectivity index (χ4v) is 2.11. The van der Waals surface area contributed by atoms with Crippen molar-refractivity contribution in [2.45, 2.75) is 0 Å². The Balaban J connectivity index is 2.29. The number of para-hydroxylation sites is 1. The molecule has 94 valence electrons. The summed E-state index contributed by atoms with van der Waals surface area (Å²) in [6.45, 7) is 0. The molecule has 3 aromatic rings. The minimum absolute atomic E-state index is 0.00261. The van der Waals surface area contributed by atoms with Crippen LogP contribution in [0.2, 0.25) is 5.02 Å². The number of benzene rings is 2. The molecular formula is C14H9ClFN3. The molecule has 0 spiro atoms. The van der Waals surface area contributed by atoms with E-state index < -0.39 is 5.82 Å². The van der Waals surface area contributed by atoms with Crippen LogP contribution in [0.15, 0.2) is 42.5 Å². The van der Waals surface area contributed by atoms with E-state index in [0.717, 1.165) is 5.39 Å². The molecule has 2 N–H and O–H groups in total. The van der Waals surface area contributed by atoms with Gasteiger partial charge in [0.2, 0.25) is 0 Å². The van der Waals surface area contributed by atoms with E-state index in [0.29, 0.717) is 22.7 Å². The van der Waals surface area contributed by atoms with E-state index in [1.807, 2.05) is 24.3 Å². The normalized spacial score (nSPS) is 10.8. The van der Waals surface area contributed by atoms with Crippen LogP contribution in [0, 0.1) is 5.82 Å². The van der Waals surface area contributed by atoms with Crippen molar-refractivity contribution in [3.63, 3.8) is 0 Å². The highest BCUT2D eigenvalue weighted by Crippen LogP contribution is 2.29. The monoisotopic (exact) mass is 273 g/mol. The molecule has 3 rings (SSSR count). The first kappa shape index (κ1) is 11.9. The predicted octanol–water partition coefficient (Wildman–Crippen LogP) is 3.67. The summed E-state index contributed by atoms with van der Waals surface area (Å²) in [5.74, 6) is 0.163. The SMILES string of the molecule is Nc1nc(-c2cccc(F)c2Cl)nc2ccccc12. The van der Waals surface area contributed by atoms with Gasteiger partial charge in [-0.05, 0) is 24.3 Å². The third-order valence-electron chi connectivity index (χ3n) is 2.83. The number of nitrogens with two attached hydrogens (primary N) is 1. The Kier molecular flexibility index (Phi) is 2.80. The van der Waals surface area contributed by atoms with Crippen LogP contribution < -0.4 is 5.73 Å². The van der Waals surface area contributed by atoms with Crippen molar-refractivity contribution < 1.29 is 4.39 Å². The molecule has 0 amide bonds. The number of rotatable bonds is 1. The molecule has 1 aromatic heterocycles. The summed E-state index contributed by atoms with van der Waals surface area (Å²) in [4.78, 5) is 8.56. The van der Waals surface area contributed by atoms with Crippen molar-refractivity contribution in [3.05, 3.63) is 53.3 Å². The summed E-state index contributed by atoms with van der Waals surface area (Å²) < 4.78 is 13.5. The molecule has 0 radical (unpaired) electrons. The minimum atomic E-state index is -0.505. The third kappa shape index (κ3) is 2.00. The maximum absolute atomic E-state index is 13.5. The van der Waals surface area contributed by atoms with Crippen LogP contribution >= 0.6 is 11.6 Å². The summed E-state index contributed by atoms with van der Waals surface area (Å²) in [6, 6.07) is 11.9. The Bertz CT molecular complexity index is 774. The van der Waals surface area contributed by atoms with Gasteiger partial charge in [0.25, 0.3) is 0 Å². The van der Waals surface area contributed by atoms with Crippen LogP contribution in [0.4, 0.5) is 10.2 Å². The number of hydrogen-bond donors (Lipinski definition) is 1. The highest BCUT2D eigenvalue weighted by Gasteiger charge is 2.12. The minimum Gasteiger partial charge on any atom is -0.383 e. The van der Waals surface area contributed by atoms with E-state index >= 15 is 0 Å². The first-order valence-electron chi connectivity index (χ1n) is 5.63. The Hall–Kier alpha value is -2.20. The van der Waals surface area contributed by atoms with Crippen molar-refractivity contribution in [2.24, 2.45) is 0 Å². The zero-order valence-electron chi connectivity index (χ0n) is 9.77. The highest BCUT2D eigenvalue weighted by atomic mass is 35.5. The molecule has 0 bridgehead atoms. The Morgan fingerprint density at radius 2 is 1.79 bits per heavy atom. The first-order chi connectivity index (χ1) is 9.16. The van der Waals surface area contributed by atoms with Crippen LogP contribution in [0.1, 0.15) is 0 Å². The lowest BCUT2D eigenvalue weighted by molar-refractivity contribution is 0.628. The lowest BCUT2D eigenvalue weighted by Crippen LogP contribution is -1.98. The van der Waals surface area contributed by atoms with Crippen LogP contribution in [0.5, 0.6) is 0 Å². The zero-order valence-corrected chi connectivity index (χ0v) is 10.5. The smallest absolute Gasteiger partial charge is 0.163 e. The van der Waals surface area contributed by atoms with Gasteiger partial charge in [0.1, 0.15) is 11.6 Å². The largest absolute Gasteiger partial charge is 0.383 e. The number of anilines is 1. The Morgan fingerprint density at radius 3 is 2.63 bits per heavy atom. The first-order valence-corrected chi connectivity index (χ1v) is 6.01. The van der Waals surface area contributed by atoms with Gasteiger partial charge in [0.15, 0.2) is 5.82 Å². The molecule has 5 heteroatoms. The second-order valence-electron chi connectivity index (χ2n) is 4.05. The number of aromatic nitrogens is 2. The maximum atomic E-state index is 13.5.